The van der Waals surface area contributed by atoms with Gasteiger partial charge < -0.3 is 14.8 Å². The number of fused-ring (bicyclic) bond motifs is 1. The zero-order valence-corrected chi connectivity index (χ0v) is 19.3. The number of carbonyl (C=O) groups excluding carboxylic acids is 4. The summed E-state index contributed by atoms with van der Waals surface area (Å²) < 4.78 is 48.5. The Bertz CT molecular complexity index is 1390. The highest BCUT2D eigenvalue weighted by molar-refractivity contribution is 6.21. The fourth-order valence-electron chi connectivity index (χ4n) is 3.66. The number of carbonyl (C=O) groups is 4. The number of rotatable bonds is 7. The Labute approximate surface area is 208 Å². The second kappa shape index (κ2) is 10.1. The lowest BCUT2D eigenvalue weighted by Crippen LogP contribution is -2.29. The largest absolute Gasteiger partial charge is 0.497 e. The van der Waals surface area contributed by atoms with Gasteiger partial charge in [0, 0.05) is 5.69 Å². The predicted molar refractivity (Wildman–Crippen MR) is 124 cm³/mol. The second-order valence-corrected chi connectivity index (χ2v) is 8.01. The van der Waals surface area contributed by atoms with Crippen LogP contribution in [0.2, 0.25) is 0 Å². The van der Waals surface area contributed by atoms with E-state index in [2.05, 4.69) is 5.32 Å². The fourth-order valence-corrected chi connectivity index (χ4v) is 3.66. The van der Waals surface area contributed by atoms with Crippen molar-refractivity contribution in [1.82, 2.24) is 4.90 Å². The second-order valence-electron chi connectivity index (χ2n) is 8.01. The summed E-state index contributed by atoms with van der Waals surface area (Å²) in [6.45, 7) is -0.755. The molecule has 0 fully saturated rings. The van der Waals surface area contributed by atoms with Gasteiger partial charge in [0.25, 0.3) is 17.7 Å². The molecule has 190 valence electrons. The number of methoxy groups -OCH3 is 1. The molecule has 0 aliphatic carbocycles. The highest BCUT2D eigenvalue weighted by Crippen LogP contribution is 2.31. The average molecular weight is 512 g/mol. The normalized spacial score (nSPS) is 12.8. The quantitative estimate of drug-likeness (QED) is 0.374. The van der Waals surface area contributed by atoms with Gasteiger partial charge in [-0.15, -0.1) is 0 Å². The van der Waals surface area contributed by atoms with Crippen molar-refractivity contribution in [2.45, 2.75) is 12.7 Å². The first kappa shape index (κ1) is 25.4. The standard InChI is InChI=1S/C26H19F3N2O6/c1-36-19-8-5-15(6-9-19)13-31-23(33)20-10-7-16(11-21(20)24(31)34)25(35)37-14-22(32)30-18-4-2-3-17(12-18)26(27,28)29/h2-12H,13-14H2,1H3,(H,30,32). The number of imide groups is 1. The zero-order chi connectivity index (χ0) is 26.7. The molecule has 0 spiro atoms. The van der Waals surface area contributed by atoms with Gasteiger partial charge in [-0.3, -0.25) is 19.3 Å². The van der Waals surface area contributed by atoms with Gasteiger partial charge >= 0.3 is 12.1 Å². The van der Waals surface area contributed by atoms with Crippen molar-refractivity contribution in [2.24, 2.45) is 0 Å². The van der Waals surface area contributed by atoms with Gasteiger partial charge in [0.2, 0.25) is 0 Å². The Morgan fingerprint density at radius 1 is 0.919 bits per heavy atom. The third-order valence-electron chi connectivity index (χ3n) is 5.51. The summed E-state index contributed by atoms with van der Waals surface area (Å²) in [7, 11) is 1.52. The maximum absolute atomic E-state index is 12.9. The van der Waals surface area contributed by atoms with Crippen LogP contribution in [-0.2, 0) is 22.3 Å². The lowest BCUT2D eigenvalue weighted by molar-refractivity contribution is -0.137. The van der Waals surface area contributed by atoms with E-state index < -0.39 is 42.0 Å². The SMILES string of the molecule is COc1ccc(CN2C(=O)c3ccc(C(=O)OCC(=O)Nc4cccc(C(F)(F)F)c4)cc3C2=O)cc1. The van der Waals surface area contributed by atoms with Crippen LogP contribution >= 0.6 is 0 Å². The van der Waals surface area contributed by atoms with E-state index in [0.29, 0.717) is 11.3 Å². The molecular formula is C26H19F3N2O6. The monoisotopic (exact) mass is 512 g/mol. The van der Waals surface area contributed by atoms with Crippen LogP contribution < -0.4 is 10.1 Å². The van der Waals surface area contributed by atoms with Crippen LogP contribution in [0.1, 0.15) is 42.2 Å². The van der Waals surface area contributed by atoms with Crippen LogP contribution in [0.3, 0.4) is 0 Å². The van der Waals surface area contributed by atoms with E-state index in [1.54, 1.807) is 24.3 Å². The van der Waals surface area contributed by atoms with Gasteiger partial charge in [-0.25, -0.2) is 4.79 Å². The first-order chi connectivity index (χ1) is 17.6. The molecule has 11 heteroatoms. The van der Waals surface area contributed by atoms with Gasteiger partial charge in [-0.05, 0) is 54.1 Å². The van der Waals surface area contributed by atoms with E-state index >= 15 is 0 Å². The number of halogens is 3. The Morgan fingerprint density at radius 2 is 1.62 bits per heavy atom. The van der Waals surface area contributed by atoms with Crippen LogP contribution in [0.5, 0.6) is 5.75 Å². The topological polar surface area (TPSA) is 102 Å². The summed E-state index contributed by atoms with van der Waals surface area (Å²) in [4.78, 5) is 51.1. The summed E-state index contributed by atoms with van der Waals surface area (Å²) >= 11 is 0. The van der Waals surface area contributed by atoms with Gasteiger partial charge in [0.15, 0.2) is 6.61 Å². The summed E-state index contributed by atoms with van der Waals surface area (Å²) in [5.74, 6) is -2.29. The molecule has 0 aromatic heterocycles. The summed E-state index contributed by atoms with van der Waals surface area (Å²) in [6.07, 6.45) is -4.58. The number of benzene rings is 3. The number of hydrogen-bond donors (Lipinski definition) is 1. The van der Waals surface area contributed by atoms with Gasteiger partial charge in [-0.2, -0.15) is 13.2 Å². The minimum atomic E-state index is -4.58. The summed E-state index contributed by atoms with van der Waals surface area (Å²) in [5.41, 5.74) is -0.298. The smallest absolute Gasteiger partial charge is 0.416 e. The van der Waals surface area contributed by atoms with E-state index in [4.69, 9.17) is 9.47 Å². The highest BCUT2D eigenvalue weighted by atomic mass is 19.4. The molecule has 0 unspecified atom stereocenters. The molecule has 0 radical (unpaired) electrons. The molecule has 3 aromatic carbocycles. The summed E-state index contributed by atoms with van der Waals surface area (Å²) in [5, 5.41) is 2.22. The number of hydrogen-bond acceptors (Lipinski definition) is 6. The molecule has 0 atom stereocenters. The molecule has 1 N–H and O–H groups in total. The van der Waals surface area contributed by atoms with Gasteiger partial charge in [-0.1, -0.05) is 18.2 Å². The van der Waals surface area contributed by atoms with E-state index in [-0.39, 0.29) is 28.9 Å². The van der Waals surface area contributed by atoms with Crippen molar-refractivity contribution in [2.75, 3.05) is 19.0 Å². The molecule has 37 heavy (non-hydrogen) atoms. The van der Waals surface area contributed by atoms with Crippen molar-refractivity contribution >= 4 is 29.4 Å². The molecule has 0 saturated carbocycles. The van der Waals surface area contributed by atoms with E-state index in [1.165, 1.54) is 31.4 Å². The Kier molecular flexibility index (Phi) is 6.96. The summed E-state index contributed by atoms with van der Waals surface area (Å²) in [6, 6.07) is 14.6. The van der Waals surface area contributed by atoms with Crippen LogP contribution in [0, 0.1) is 0 Å². The van der Waals surface area contributed by atoms with Crippen LogP contribution in [0.15, 0.2) is 66.7 Å². The lowest BCUT2D eigenvalue weighted by Gasteiger charge is -2.14. The van der Waals surface area contributed by atoms with Crippen molar-refractivity contribution < 1.29 is 41.8 Å². The molecular weight excluding hydrogens is 493 g/mol. The molecule has 3 amide bonds. The van der Waals surface area contributed by atoms with E-state index in [1.807, 2.05) is 0 Å². The Hall–Kier alpha value is -4.67. The highest BCUT2D eigenvalue weighted by Gasteiger charge is 2.36. The van der Waals surface area contributed by atoms with E-state index in [9.17, 15) is 32.3 Å². The first-order valence-corrected chi connectivity index (χ1v) is 10.8. The maximum atomic E-state index is 12.9. The molecule has 0 saturated heterocycles. The van der Waals surface area contributed by atoms with Crippen molar-refractivity contribution in [3.05, 3.63) is 94.5 Å². The fraction of sp³-hybridized carbons (Fsp3) is 0.154. The van der Waals surface area contributed by atoms with Crippen molar-refractivity contribution in [3.8, 4) is 5.75 Å². The third-order valence-corrected chi connectivity index (χ3v) is 5.51. The number of anilines is 1. The van der Waals surface area contributed by atoms with Crippen molar-refractivity contribution in [1.29, 1.82) is 0 Å². The van der Waals surface area contributed by atoms with Crippen LogP contribution in [-0.4, -0.2) is 42.3 Å². The zero-order valence-electron chi connectivity index (χ0n) is 19.3. The molecule has 1 aliphatic rings. The maximum Gasteiger partial charge on any atom is 0.416 e. The third kappa shape index (κ3) is 5.61. The Morgan fingerprint density at radius 3 is 2.30 bits per heavy atom. The van der Waals surface area contributed by atoms with Gasteiger partial charge in [0.1, 0.15) is 5.75 Å². The number of nitrogens with zero attached hydrogens (tertiary/aromatic N) is 1. The van der Waals surface area contributed by atoms with E-state index in [0.717, 1.165) is 23.1 Å². The lowest BCUT2D eigenvalue weighted by atomic mass is 10.1. The average Bonchev–Trinajstić information content (AvgIpc) is 3.11. The molecule has 0 bridgehead atoms. The number of amides is 3. The first-order valence-electron chi connectivity index (χ1n) is 10.8. The molecule has 4 rings (SSSR count). The molecule has 1 heterocycles. The Balaban J connectivity index is 1.39. The number of nitrogens with one attached hydrogen (secondary N) is 1. The van der Waals surface area contributed by atoms with Crippen molar-refractivity contribution in [3.63, 3.8) is 0 Å². The molecule has 8 nitrogen and oxygen atoms in total. The molecule has 3 aromatic rings. The predicted octanol–water partition coefficient (Wildman–Crippen LogP) is 4.31. The van der Waals surface area contributed by atoms with Gasteiger partial charge in [0.05, 0.1) is 35.9 Å². The van der Waals surface area contributed by atoms with Crippen LogP contribution in [0.25, 0.3) is 0 Å². The minimum absolute atomic E-state index is 0.0152. The van der Waals surface area contributed by atoms with Crippen LogP contribution in [0.4, 0.5) is 18.9 Å². The number of ether oxygens (including phenoxy) is 2. The number of alkyl halides is 3. The number of esters is 1. The minimum Gasteiger partial charge on any atom is -0.497 e. The molecule has 1 aliphatic heterocycles.